The molecule has 0 aromatic heterocycles. The van der Waals surface area contributed by atoms with E-state index in [9.17, 15) is 34.8 Å². The number of phenolic OH excluding ortho intramolecular Hbond substituents is 2. The zero-order valence-electron chi connectivity index (χ0n) is 17.9. The van der Waals surface area contributed by atoms with Gasteiger partial charge in [0.25, 0.3) is 0 Å². The van der Waals surface area contributed by atoms with Gasteiger partial charge in [-0.2, -0.15) is 0 Å². The highest BCUT2D eigenvalue weighted by Crippen LogP contribution is 2.40. The van der Waals surface area contributed by atoms with Crippen molar-refractivity contribution >= 4 is 17.5 Å². The van der Waals surface area contributed by atoms with Crippen LogP contribution in [0.2, 0.25) is 0 Å². The predicted molar refractivity (Wildman–Crippen MR) is 110 cm³/mol. The van der Waals surface area contributed by atoms with Crippen molar-refractivity contribution in [1.82, 2.24) is 0 Å². The quantitative estimate of drug-likeness (QED) is 0.416. The highest BCUT2D eigenvalue weighted by molar-refractivity contribution is 6.30. The Bertz CT molecular complexity index is 1170. The third-order valence-electron chi connectivity index (χ3n) is 5.63. The number of carbonyl (C=O) groups is 3. The van der Waals surface area contributed by atoms with Crippen molar-refractivity contribution in [1.29, 1.82) is 0 Å². The van der Waals surface area contributed by atoms with E-state index in [1.807, 2.05) is 0 Å². The maximum atomic E-state index is 13.1. The van der Waals surface area contributed by atoms with Crippen LogP contribution in [0.1, 0.15) is 51.3 Å². The number of rotatable bonds is 3. The van der Waals surface area contributed by atoms with E-state index >= 15 is 0 Å². The number of ketones is 2. The molecular formula is C23H22O10. The Morgan fingerprint density at radius 1 is 0.939 bits per heavy atom. The molecule has 1 saturated heterocycles. The molecule has 1 heterocycles. The summed E-state index contributed by atoms with van der Waals surface area (Å²) in [5, 5.41) is 41.4. The molecule has 1 aliphatic carbocycles. The highest BCUT2D eigenvalue weighted by Gasteiger charge is 2.46. The summed E-state index contributed by atoms with van der Waals surface area (Å²) in [6.07, 6.45) is -6.53. The van der Waals surface area contributed by atoms with Crippen LogP contribution in [0.4, 0.5) is 0 Å². The summed E-state index contributed by atoms with van der Waals surface area (Å²) in [5.74, 6) is -3.02. The second-order valence-electron chi connectivity index (χ2n) is 8.11. The van der Waals surface area contributed by atoms with E-state index in [1.165, 1.54) is 25.1 Å². The molecular weight excluding hydrogens is 436 g/mol. The van der Waals surface area contributed by atoms with E-state index in [4.69, 9.17) is 14.2 Å². The predicted octanol–water partition coefficient (Wildman–Crippen LogP) is 0.959. The number of aromatic hydroxyl groups is 2. The summed E-state index contributed by atoms with van der Waals surface area (Å²) in [6, 6.07) is 5.08. The minimum atomic E-state index is -1.62. The van der Waals surface area contributed by atoms with Crippen molar-refractivity contribution in [3.63, 3.8) is 0 Å². The van der Waals surface area contributed by atoms with Crippen molar-refractivity contribution in [2.75, 3.05) is 0 Å². The Kier molecular flexibility index (Phi) is 5.61. The molecule has 0 saturated carbocycles. The molecule has 33 heavy (non-hydrogen) atoms. The fourth-order valence-corrected chi connectivity index (χ4v) is 4.13. The van der Waals surface area contributed by atoms with Crippen LogP contribution in [0.5, 0.6) is 17.2 Å². The van der Waals surface area contributed by atoms with Crippen LogP contribution in [-0.2, 0) is 14.3 Å². The molecule has 2 aromatic rings. The summed E-state index contributed by atoms with van der Waals surface area (Å²) in [6.45, 7) is 4.32. The van der Waals surface area contributed by atoms with Crippen LogP contribution in [-0.4, -0.2) is 68.7 Å². The molecule has 4 N–H and O–H groups in total. The molecule has 1 fully saturated rings. The molecule has 1 aliphatic heterocycles. The normalized spacial score (nSPS) is 26.4. The van der Waals surface area contributed by atoms with E-state index in [0.29, 0.717) is 5.56 Å². The molecule has 0 spiro atoms. The third kappa shape index (κ3) is 3.82. The second-order valence-corrected chi connectivity index (χ2v) is 8.11. The van der Waals surface area contributed by atoms with E-state index < -0.39 is 54.0 Å². The smallest absolute Gasteiger partial charge is 0.303 e. The summed E-state index contributed by atoms with van der Waals surface area (Å²) < 4.78 is 16.1. The average molecular weight is 458 g/mol. The van der Waals surface area contributed by atoms with Gasteiger partial charge in [-0.05, 0) is 37.6 Å². The van der Waals surface area contributed by atoms with Crippen molar-refractivity contribution in [3.8, 4) is 17.2 Å². The minimum Gasteiger partial charge on any atom is -0.507 e. The molecule has 0 radical (unpaired) electrons. The van der Waals surface area contributed by atoms with Crippen molar-refractivity contribution < 1.29 is 49.0 Å². The molecule has 2 aliphatic rings. The van der Waals surface area contributed by atoms with Crippen LogP contribution in [0.15, 0.2) is 24.3 Å². The van der Waals surface area contributed by atoms with E-state index in [-0.39, 0.29) is 33.8 Å². The fraction of sp³-hybridized carbons (Fsp3) is 0.348. The van der Waals surface area contributed by atoms with Gasteiger partial charge in [-0.15, -0.1) is 0 Å². The first-order chi connectivity index (χ1) is 15.5. The number of fused-ring (bicyclic) bond motifs is 2. The second kappa shape index (κ2) is 8.14. The summed E-state index contributed by atoms with van der Waals surface area (Å²) in [4.78, 5) is 37.2. The van der Waals surface area contributed by atoms with Gasteiger partial charge >= 0.3 is 5.97 Å². The van der Waals surface area contributed by atoms with Crippen molar-refractivity contribution in [2.24, 2.45) is 0 Å². The molecule has 4 rings (SSSR count). The van der Waals surface area contributed by atoms with Crippen LogP contribution >= 0.6 is 0 Å². The Morgan fingerprint density at radius 2 is 1.55 bits per heavy atom. The largest absolute Gasteiger partial charge is 0.507 e. The molecule has 0 bridgehead atoms. The number of carbonyl (C=O) groups excluding carboxylic acids is 3. The number of aliphatic hydroxyl groups excluding tert-OH is 2. The number of esters is 1. The lowest BCUT2D eigenvalue weighted by Gasteiger charge is -2.40. The lowest BCUT2D eigenvalue weighted by molar-refractivity contribution is -0.272. The number of hydrogen-bond acceptors (Lipinski definition) is 10. The lowest BCUT2D eigenvalue weighted by Crippen LogP contribution is -2.59. The Balaban J connectivity index is 1.66. The number of phenols is 2. The highest BCUT2D eigenvalue weighted by atomic mass is 16.7. The lowest BCUT2D eigenvalue weighted by atomic mass is 9.82. The zero-order valence-corrected chi connectivity index (χ0v) is 17.9. The fourth-order valence-electron chi connectivity index (χ4n) is 4.13. The number of aliphatic hydroxyl groups is 2. The first-order valence-corrected chi connectivity index (χ1v) is 10.1. The van der Waals surface area contributed by atoms with E-state index in [2.05, 4.69) is 0 Å². The maximum Gasteiger partial charge on any atom is 0.303 e. The average Bonchev–Trinajstić information content (AvgIpc) is 2.72. The number of benzene rings is 2. The zero-order chi connectivity index (χ0) is 24.2. The van der Waals surface area contributed by atoms with Gasteiger partial charge in [-0.1, -0.05) is 0 Å². The Hall–Kier alpha value is -3.47. The molecule has 174 valence electrons. The Labute approximate surface area is 187 Å². The summed E-state index contributed by atoms with van der Waals surface area (Å²) >= 11 is 0. The van der Waals surface area contributed by atoms with Gasteiger partial charge in [0.1, 0.15) is 29.5 Å². The maximum absolute atomic E-state index is 13.1. The van der Waals surface area contributed by atoms with Gasteiger partial charge in [-0.3, -0.25) is 14.4 Å². The minimum absolute atomic E-state index is 0.0104. The SMILES string of the molecule is CC(=O)O[C@@H]1[C@@H](O)[C@@H](O)[C@H](Oc2cc(O)c3c(c2)C(=O)c2cc(C)cc(O)c2C3=O)O[C@H]1C. The standard InChI is InChI=1S/C23H22O10/c1-8-4-12-16(14(25)5-8)19(28)17-13(18(12)27)6-11(7-15(17)26)33-23-21(30)20(29)22(9(2)31-23)32-10(3)24/h4-7,9,20-23,25-26,29-30H,1-3H3/t9-,20-,21+,22-,23-/m0/s1. The number of hydrogen-bond donors (Lipinski definition) is 4. The monoisotopic (exact) mass is 458 g/mol. The van der Waals surface area contributed by atoms with Crippen LogP contribution in [0, 0.1) is 6.92 Å². The molecule has 10 heteroatoms. The molecule has 0 unspecified atom stereocenters. The van der Waals surface area contributed by atoms with E-state index in [0.717, 1.165) is 13.0 Å². The molecule has 0 amide bonds. The third-order valence-corrected chi connectivity index (χ3v) is 5.63. The Morgan fingerprint density at radius 3 is 2.18 bits per heavy atom. The first kappa shape index (κ1) is 22.7. The van der Waals surface area contributed by atoms with Gasteiger partial charge in [0.2, 0.25) is 12.1 Å². The van der Waals surface area contributed by atoms with Gasteiger partial charge in [-0.25, -0.2) is 0 Å². The summed E-state index contributed by atoms with van der Waals surface area (Å²) in [5.41, 5.74) is -0.0709. The van der Waals surface area contributed by atoms with Crippen molar-refractivity contribution in [3.05, 3.63) is 52.1 Å². The number of aryl methyl sites for hydroxylation is 1. The first-order valence-electron chi connectivity index (χ1n) is 10.1. The van der Waals surface area contributed by atoms with Crippen molar-refractivity contribution in [2.45, 2.75) is 51.5 Å². The van der Waals surface area contributed by atoms with Crippen LogP contribution in [0.3, 0.4) is 0 Å². The van der Waals surface area contributed by atoms with Gasteiger partial charge in [0.05, 0.1) is 17.2 Å². The molecule has 10 nitrogen and oxygen atoms in total. The van der Waals surface area contributed by atoms with Crippen LogP contribution in [0.25, 0.3) is 0 Å². The summed E-state index contributed by atoms with van der Waals surface area (Å²) in [7, 11) is 0. The van der Waals surface area contributed by atoms with E-state index in [1.54, 1.807) is 6.92 Å². The topological polar surface area (TPSA) is 160 Å². The van der Waals surface area contributed by atoms with Gasteiger partial charge in [0, 0.05) is 24.1 Å². The molecule has 2 aromatic carbocycles. The van der Waals surface area contributed by atoms with Gasteiger partial charge in [0.15, 0.2) is 11.9 Å². The van der Waals surface area contributed by atoms with Gasteiger partial charge < -0.3 is 34.6 Å². The molecule has 5 atom stereocenters. The number of ether oxygens (including phenoxy) is 3. The van der Waals surface area contributed by atoms with Crippen LogP contribution < -0.4 is 4.74 Å².